The molecule has 0 fully saturated rings. The fourth-order valence-corrected chi connectivity index (χ4v) is 2.41. The number of nitrogens with one attached hydrogen (secondary N) is 1. The minimum Gasteiger partial charge on any atom is -0.368 e. The van der Waals surface area contributed by atoms with E-state index in [0.717, 1.165) is 30.7 Å². The maximum absolute atomic E-state index is 6.00. The Morgan fingerprint density at radius 3 is 2.76 bits per heavy atom. The van der Waals surface area contributed by atoms with Crippen molar-refractivity contribution in [2.24, 2.45) is 0 Å². The Morgan fingerprint density at radius 2 is 2.00 bits per heavy atom. The van der Waals surface area contributed by atoms with Gasteiger partial charge in [-0.05, 0) is 30.5 Å². The molecule has 0 spiro atoms. The van der Waals surface area contributed by atoms with Gasteiger partial charge in [0.05, 0.1) is 6.33 Å². The molecule has 0 atom stereocenters. The predicted molar refractivity (Wildman–Crippen MR) is 84.6 cm³/mol. The lowest BCUT2D eigenvalue weighted by molar-refractivity contribution is 0.777. The van der Waals surface area contributed by atoms with Crippen LogP contribution in [0.25, 0.3) is 11.2 Å². The Morgan fingerprint density at radius 1 is 1.19 bits per heavy atom. The molecule has 1 N–H and O–H groups in total. The third-order valence-electron chi connectivity index (χ3n) is 3.33. The van der Waals surface area contributed by atoms with Crippen LogP contribution in [0.3, 0.4) is 0 Å². The van der Waals surface area contributed by atoms with Gasteiger partial charge in [-0.3, -0.25) is 0 Å². The van der Waals surface area contributed by atoms with Crippen LogP contribution in [0, 0.1) is 0 Å². The molecule has 0 saturated heterocycles. The van der Waals surface area contributed by atoms with E-state index in [9.17, 15) is 0 Å². The minimum atomic E-state index is 0.236. The van der Waals surface area contributed by atoms with Gasteiger partial charge in [0, 0.05) is 13.1 Å². The molecular formula is C15H16ClN5. The van der Waals surface area contributed by atoms with E-state index in [-0.39, 0.29) is 5.28 Å². The topological polar surface area (TPSA) is 55.6 Å². The van der Waals surface area contributed by atoms with Crippen molar-refractivity contribution >= 4 is 28.6 Å². The molecule has 0 aliphatic heterocycles. The van der Waals surface area contributed by atoms with Crippen molar-refractivity contribution in [3.8, 4) is 0 Å². The summed E-state index contributed by atoms with van der Waals surface area (Å²) in [4.78, 5) is 12.9. The van der Waals surface area contributed by atoms with Gasteiger partial charge in [0.1, 0.15) is 0 Å². The molecule has 6 heteroatoms. The summed E-state index contributed by atoms with van der Waals surface area (Å²) in [5, 5.41) is 3.54. The van der Waals surface area contributed by atoms with Crippen molar-refractivity contribution in [1.82, 2.24) is 19.5 Å². The number of aryl methyl sites for hydroxylation is 1. The first-order valence-electron chi connectivity index (χ1n) is 6.94. The number of rotatable bonds is 5. The van der Waals surface area contributed by atoms with Gasteiger partial charge in [0.2, 0.25) is 5.28 Å². The molecule has 2 aromatic heterocycles. The van der Waals surface area contributed by atoms with E-state index in [4.69, 9.17) is 11.6 Å². The monoisotopic (exact) mass is 301 g/mol. The number of nitrogens with zero attached hydrogens (tertiary/aromatic N) is 4. The molecule has 3 rings (SSSR count). The molecule has 21 heavy (non-hydrogen) atoms. The maximum Gasteiger partial charge on any atom is 0.226 e. The Balaban J connectivity index is 1.79. The highest BCUT2D eigenvalue weighted by Crippen LogP contribution is 2.20. The number of fused-ring (bicyclic) bond motifs is 1. The van der Waals surface area contributed by atoms with Crippen molar-refractivity contribution in [2.75, 3.05) is 11.9 Å². The number of hydrogen-bond acceptors (Lipinski definition) is 4. The van der Waals surface area contributed by atoms with Gasteiger partial charge in [0.15, 0.2) is 17.0 Å². The number of benzene rings is 1. The summed E-state index contributed by atoms with van der Waals surface area (Å²) >= 11 is 6.00. The van der Waals surface area contributed by atoms with Crippen LogP contribution in [0.2, 0.25) is 5.28 Å². The van der Waals surface area contributed by atoms with Crippen LogP contribution >= 0.6 is 11.6 Å². The summed E-state index contributed by atoms with van der Waals surface area (Å²) in [6, 6.07) is 10.3. The highest BCUT2D eigenvalue weighted by atomic mass is 35.5. The van der Waals surface area contributed by atoms with Crippen LogP contribution in [-0.4, -0.2) is 26.1 Å². The summed E-state index contributed by atoms with van der Waals surface area (Å²) in [7, 11) is 0. The van der Waals surface area contributed by atoms with Crippen LogP contribution in [-0.2, 0) is 13.0 Å². The minimum absolute atomic E-state index is 0.236. The van der Waals surface area contributed by atoms with Crippen LogP contribution in [0.15, 0.2) is 36.7 Å². The van der Waals surface area contributed by atoms with E-state index in [1.165, 1.54) is 5.56 Å². The van der Waals surface area contributed by atoms with Gasteiger partial charge in [-0.15, -0.1) is 0 Å². The highest BCUT2D eigenvalue weighted by molar-refractivity contribution is 6.28. The van der Waals surface area contributed by atoms with Gasteiger partial charge >= 0.3 is 0 Å². The van der Waals surface area contributed by atoms with Gasteiger partial charge in [-0.25, -0.2) is 4.98 Å². The molecule has 0 radical (unpaired) electrons. The lowest BCUT2D eigenvalue weighted by Crippen LogP contribution is -2.08. The Bertz CT molecular complexity index is 738. The van der Waals surface area contributed by atoms with Crippen LogP contribution in [0.1, 0.15) is 12.5 Å². The summed E-state index contributed by atoms with van der Waals surface area (Å²) in [6.45, 7) is 3.61. The average molecular weight is 302 g/mol. The van der Waals surface area contributed by atoms with Crippen LogP contribution < -0.4 is 5.32 Å². The van der Waals surface area contributed by atoms with Gasteiger partial charge in [0.25, 0.3) is 0 Å². The molecule has 0 aliphatic carbocycles. The van der Waals surface area contributed by atoms with Crippen molar-refractivity contribution in [3.05, 3.63) is 47.5 Å². The first kappa shape index (κ1) is 13.8. The van der Waals surface area contributed by atoms with E-state index in [1.807, 2.05) is 29.7 Å². The summed E-state index contributed by atoms with van der Waals surface area (Å²) in [5.74, 6) is 0.688. The molecule has 3 aromatic rings. The van der Waals surface area contributed by atoms with Crippen molar-refractivity contribution < 1.29 is 0 Å². The second-order valence-corrected chi connectivity index (χ2v) is 5.04. The number of hydrogen-bond donors (Lipinski definition) is 1. The third-order valence-corrected chi connectivity index (χ3v) is 3.50. The second-order valence-electron chi connectivity index (χ2n) is 4.71. The first-order valence-corrected chi connectivity index (χ1v) is 7.32. The number of aromatic nitrogens is 4. The fourth-order valence-electron chi connectivity index (χ4n) is 2.24. The van der Waals surface area contributed by atoms with Gasteiger partial charge in [-0.2, -0.15) is 9.97 Å². The largest absolute Gasteiger partial charge is 0.368 e. The molecule has 108 valence electrons. The molecule has 1 aromatic carbocycles. The Kier molecular flexibility index (Phi) is 4.01. The molecule has 5 nitrogen and oxygen atoms in total. The molecule has 0 aliphatic rings. The lowest BCUT2D eigenvalue weighted by atomic mass is 10.1. The van der Waals surface area contributed by atoms with Crippen LogP contribution in [0.4, 0.5) is 5.82 Å². The van der Waals surface area contributed by atoms with E-state index >= 15 is 0 Å². The van der Waals surface area contributed by atoms with E-state index in [2.05, 4.69) is 32.4 Å². The van der Waals surface area contributed by atoms with Gasteiger partial charge in [-0.1, -0.05) is 30.3 Å². The summed E-state index contributed by atoms with van der Waals surface area (Å²) in [6.07, 6.45) is 2.68. The normalized spacial score (nSPS) is 11.0. The zero-order valence-corrected chi connectivity index (χ0v) is 12.5. The lowest BCUT2D eigenvalue weighted by Gasteiger charge is -2.07. The van der Waals surface area contributed by atoms with E-state index in [1.54, 1.807) is 6.33 Å². The average Bonchev–Trinajstić information content (AvgIpc) is 2.91. The SMILES string of the molecule is CCn1cnc2c(NCCc3ccccc3)nc(Cl)nc21. The predicted octanol–water partition coefficient (Wildman–Crippen LogP) is 3.15. The number of anilines is 1. The van der Waals surface area contributed by atoms with Crippen LogP contribution in [0.5, 0.6) is 0 Å². The Labute approximate surface area is 128 Å². The first-order chi connectivity index (χ1) is 10.3. The highest BCUT2D eigenvalue weighted by Gasteiger charge is 2.11. The van der Waals surface area contributed by atoms with Gasteiger partial charge < -0.3 is 9.88 Å². The molecule has 0 unspecified atom stereocenters. The van der Waals surface area contributed by atoms with Crippen molar-refractivity contribution in [1.29, 1.82) is 0 Å². The molecule has 0 bridgehead atoms. The van der Waals surface area contributed by atoms with Crippen molar-refractivity contribution in [3.63, 3.8) is 0 Å². The quantitative estimate of drug-likeness (QED) is 0.736. The Hall–Kier alpha value is -2.14. The van der Waals surface area contributed by atoms with E-state index in [0.29, 0.717) is 5.82 Å². The molecular weight excluding hydrogens is 286 g/mol. The number of halogens is 1. The fraction of sp³-hybridized carbons (Fsp3) is 0.267. The summed E-state index contributed by atoms with van der Waals surface area (Å²) in [5.41, 5.74) is 2.80. The van der Waals surface area contributed by atoms with E-state index < -0.39 is 0 Å². The maximum atomic E-state index is 6.00. The zero-order valence-electron chi connectivity index (χ0n) is 11.8. The molecule has 2 heterocycles. The zero-order chi connectivity index (χ0) is 14.7. The second kappa shape index (κ2) is 6.10. The molecule has 0 saturated carbocycles. The summed E-state index contributed by atoms with van der Waals surface area (Å²) < 4.78 is 1.95. The molecule has 0 amide bonds. The van der Waals surface area contributed by atoms with Crippen molar-refractivity contribution in [2.45, 2.75) is 19.9 Å². The number of imidazole rings is 1. The standard InChI is InChI=1S/C15H16ClN5/c1-2-21-10-18-12-13(19-15(16)20-14(12)21)17-9-8-11-6-4-3-5-7-11/h3-7,10H,2,8-9H2,1H3,(H,17,19,20). The third kappa shape index (κ3) is 2.97. The smallest absolute Gasteiger partial charge is 0.226 e.